The highest BCUT2D eigenvalue weighted by Gasteiger charge is 2.41. The van der Waals surface area contributed by atoms with Crippen LogP contribution in [0.25, 0.3) is 0 Å². The van der Waals surface area contributed by atoms with Crippen LogP contribution < -0.4 is 0 Å². The van der Waals surface area contributed by atoms with Crippen LogP contribution in [0.15, 0.2) is 18.2 Å². The predicted octanol–water partition coefficient (Wildman–Crippen LogP) is 4.89. The van der Waals surface area contributed by atoms with Crippen LogP contribution in [-0.4, -0.2) is 25.0 Å². The van der Waals surface area contributed by atoms with Crippen LogP contribution in [0, 0.1) is 6.92 Å². The predicted molar refractivity (Wildman–Crippen MR) is 91.7 cm³/mol. The van der Waals surface area contributed by atoms with Gasteiger partial charge in [-0.3, -0.25) is 0 Å². The van der Waals surface area contributed by atoms with Gasteiger partial charge in [-0.05, 0) is 37.9 Å². The molecule has 2 heterocycles. The fourth-order valence-electron chi connectivity index (χ4n) is 2.93. The maximum atomic E-state index is 6.13. The molecule has 21 heavy (non-hydrogen) atoms. The average Bonchev–Trinajstić information content (AvgIpc) is 2.84. The van der Waals surface area contributed by atoms with Crippen molar-refractivity contribution in [1.82, 2.24) is 4.90 Å². The van der Waals surface area contributed by atoms with Gasteiger partial charge in [0.05, 0.1) is 12.2 Å². The Labute approximate surface area is 131 Å². The molecular weight excluding hydrogens is 258 g/mol. The summed E-state index contributed by atoms with van der Waals surface area (Å²) < 4.78 is 6.13. The molecule has 1 saturated heterocycles. The van der Waals surface area contributed by atoms with Crippen molar-refractivity contribution in [1.29, 1.82) is 0 Å². The van der Waals surface area contributed by atoms with Crippen molar-refractivity contribution >= 4 is 0 Å². The van der Waals surface area contributed by atoms with Crippen molar-refractivity contribution in [3.8, 4) is 0 Å². The number of aryl methyl sites for hydroxylation is 1. The van der Waals surface area contributed by atoms with E-state index in [0.29, 0.717) is 0 Å². The highest BCUT2D eigenvalue weighted by molar-refractivity contribution is 5.38. The van der Waals surface area contributed by atoms with Crippen molar-refractivity contribution in [3.05, 3.63) is 34.9 Å². The van der Waals surface area contributed by atoms with Crippen LogP contribution in [-0.2, 0) is 16.9 Å². The second kappa shape index (κ2) is 8.55. The summed E-state index contributed by atoms with van der Waals surface area (Å²) in [4.78, 5) is 2.39. The second-order valence-electron chi connectivity index (χ2n) is 5.95. The zero-order chi connectivity index (χ0) is 15.9. The summed E-state index contributed by atoms with van der Waals surface area (Å²) in [6.07, 6.45) is 3.53. The molecular formula is C19H33NO. The summed E-state index contributed by atoms with van der Waals surface area (Å²) in [5.74, 6) is 0. The summed E-state index contributed by atoms with van der Waals surface area (Å²) in [6.45, 7) is 13.5. The molecule has 0 N–H and O–H groups in total. The number of benzene rings is 1. The van der Waals surface area contributed by atoms with Crippen molar-refractivity contribution in [2.24, 2.45) is 0 Å². The summed E-state index contributed by atoms with van der Waals surface area (Å²) in [5, 5.41) is 0. The zero-order valence-electron chi connectivity index (χ0n) is 14.8. The quantitative estimate of drug-likeness (QED) is 0.675. The normalized spacial score (nSPS) is 19.1. The van der Waals surface area contributed by atoms with E-state index in [1.807, 2.05) is 13.8 Å². The number of hydrogen-bond donors (Lipinski definition) is 0. The fourth-order valence-corrected chi connectivity index (χ4v) is 2.93. The van der Waals surface area contributed by atoms with Crippen LogP contribution in [0.1, 0.15) is 63.6 Å². The Bertz CT molecular complexity index is 420. The highest BCUT2D eigenvalue weighted by atomic mass is 16.5. The molecule has 0 aromatic heterocycles. The Morgan fingerprint density at radius 2 is 1.71 bits per heavy atom. The minimum Gasteiger partial charge on any atom is -0.365 e. The third kappa shape index (κ3) is 4.31. The van der Waals surface area contributed by atoms with Crippen molar-refractivity contribution in [3.63, 3.8) is 0 Å². The summed E-state index contributed by atoms with van der Waals surface area (Å²) in [7, 11) is 2.19. The Hall–Kier alpha value is -0.860. The molecule has 0 atom stereocenters. The minimum atomic E-state index is 0.0356. The van der Waals surface area contributed by atoms with E-state index in [2.05, 4.69) is 50.9 Å². The van der Waals surface area contributed by atoms with E-state index in [1.165, 1.54) is 23.1 Å². The summed E-state index contributed by atoms with van der Waals surface area (Å²) in [6, 6.07) is 6.75. The van der Waals surface area contributed by atoms with Gasteiger partial charge in [-0.15, -0.1) is 0 Å². The Morgan fingerprint density at radius 3 is 2.29 bits per heavy atom. The van der Waals surface area contributed by atoms with Gasteiger partial charge in [0, 0.05) is 13.1 Å². The van der Waals surface area contributed by atoms with Crippen molar-refractivity contribution in [2.75, 3.05) is 20.1 Å². The number of hydrogen-bond acceptors (Lipinski definition) is 2. The topological polar surface area (TPSA) is 12.5 Å². The molecule has 2 nitrogen and oxygen atoms in total. The van der Waals surface area contributed by atoms with Gasteiger partial charge < -0.3 is 9.64 Å². The first-order valence-corrected chi connectivity index (χ1v) is 8.54. The summed E-state index contributed by atoms with van der Waals surface area (Å²) >= 11 is 0. The molecule has 1 spiro atoms. The van der Waals surface area contributed by atoms with Crippen molar-refractivity contribution < 1.29 is 4.74 Å². The Balaban J connectivity index is 0.000000395. The Morgan fingerprint density at radius 1 is 1.14 bits per heavy atom. The minimum absolute atomic E-state index is 0.0356. The van der Waals surface area contributed by atoms with E-state index in [0.717, 1.165) is 32.5 Å². The smallest absolute Gasteiger partial charge is 0.0963 e. The van der Waals surface area contributed by atoms with Crippen LogP contribution in [0.3, 0.4) is 0 Å². The van der Waals surface area contributed by atoms with E-state index in [9.17, 15) is 0 Å². The number of likely N-dealkylation sites (tertiary alicyclic amines) is 1. The van der Waals surface area contributed by atoms with Gasteiger partial charge >= 0.3 is 0 Å². The maximum absolute atomic E-state index is 6.13. The van der Waals surface area contributed by atoms with Gasteiger partial charge in [-0.2, -0.15) is 0 Å². The van der Waals surface area contributed by atoms with Crippen LogP contribution in [0.2, 0.25) is 0 Å². The molecule has 1 fully saturated rings. The summed E-state index contributed by atoms with van der Waals surface area (Å²) in [5.41, 5.74) is 4.24. The molecule has 2 heteroatoms. The lowest BCUT2D eigenvalue weighted by molar-refractivity contribution is -0.0755. The molecule has 0 unspecified atom stereocenters. The van der Waals surface area contributed by atoms with Gasteiger partial charge in [0.1, 0.15) is 0 Å². The van der Waals surface area contributed by atoms with E-state index in [1.54, 1.807) is 0 Å². The lowest BCUT2D eigenvalue weighted by Crippen LogP contribution is -2.40. The monoisotopic (exact) mass is 291 g/mol. The number of piperidine rings is 1. The first-order valence-electron chi connectivity index (χ1n) is 8.54. The first-order chi connectivity index (χ1) is 10.1. The molecule has 2 aliphatic rings. The number of ether oxygens (including phenoxy) is 1. The van der Waals surface area contributed by atoms with E-state index >= 15 is 0 Å². The molecule has 0 radical (unpaired) electrons. The average molecular weight is 291 g/mol. The molecule has 0 bridgehead atoms. The van der Waals surface area contributed by atoms with Gasteiger partial charge in [0.2, 0.25) is 0 Å². The van der Waals surface area contributed by atoms with Crippen LogP contribution >= 0.6 is 0 Å². The fraction of sp³-hybridized carbons (Fsp3) is 0.684. The largest absolute Gasteiger partial charge is 0.365 e. The SMILES string of the molecule is CC.CCC.Cc1ccc2c(c1)C1(CCN(C)CC1)OC2. The van der Waals surface area contributed by atoms with Gasteiger partial charge in [-0.25, -0.2) is 0 Å². The molecule has 120 valence electrons. The third-order valence-electron chi connectivity index (χ3n) is 4.05. The van der Waals surface area contributed by atoms with Crippen LogP contribution in [0.5, 0.6) is 0 Å². The first kappa shape index (κ1) is 18.2. The zero-order valence-corrected chi connectivity index (χ0v) is 14.8. The molecule has 0 aliphatic carbocycles. The van der Waals surface area contributed by atoms with Crippen LogP contribution in [0.4, 0.5) is 0 Å². The molecule has 0 amide bonds. The molecule has 1 aromatic rings. The lowest BCUT2D eigenvalue weighted by Gasteiger charge is -2.37. The molecule has 2 aliphatic heterocycles. The lowest BCUT2D eigenvalue weighted by atomic mass is 9.83. The standard InChI is InChI=1S/C14H19NO.C3H8.C2H6/c1-11-3-4-12-10-16-14(13(12)9-11)5-7-15(2)8-6-14;1-3-2;1-2/h3-4,9H,5-8,10H2,1-2H3;3H2,1-2H3;1-2H3. The Kier molecular flexibility index (Phi) is 7.41. The van der Waals surface area contributed by atoms with Gasteiger partial charge in [0.25, 0.3) is 0 Å². The number of rotatable bonds is 0. The third-order valence-corrected chi connectivity index (χ3v) is 4.05. The highest BCUT2D eigenvalue weighted by Crippen LogP contribution is 2.44. The van der Waals surface area contributed by atoms with Crippen molar-refractivity contribution in [2.45, 2.75) is 66.1 Å². The molecule has 0 saturated carbocycles. The van der Waals surface area contributed by atoms with E-state index < -0.39 is 0 Å². The van der Waals surface area contributed by atoms with E-state index in [4.69, 9.17) is 4.74 Å². The number of fused-ring (bicyclic) bond motifs is 2. The molecule has 1 aromatic carbocycles. The second-order valence-corrected chi connectivity index (χ2v) is 5.95. The van der Waals surface area contributed by atoms with Gasteiger partial charge in [0.15, 0.2) is 0 Å². The van der Waals surface area contributed by atoms with E-state index in [-0.39, 0.29) is 5.60 Å². The van der Waals surface area contributed by atoms with Gasteiger partial charge in [-0.1, -0.05) is 57.9 Å². The maximum Gasteiger partial charge on any atom is 0.0963 e. The number of nitrogens with zero attached hydrogens (tertiary/aromatic N) is 1. The molecule has 3 rings (SSSR count).